The van der Waals surface area contributed by atoms with Gasteiger partial charge in [0.05, 0.1) is 20.1 Å². The summed E-state index contributed by atoms with van der Waals surface area (Å²) in [4.78, 5) is 26.7. The van der Waals surface area contributed by atoms with E-state index < -0.39 is 30.5 Å². The Labute approximate surface area is 197 Å². The first kappa shape index (κ1) is 24.2. The van der Waals surface area contributed by atoms with Gasteiger partial charge in [-0.3, -0.25) is 9.59 Å². The highest BCUT2D eigenvalue weighted by molar-refractivity contribution is 5.98. The molecule has 1 saturated heterocycles. The molecule has 0 N–H and O–H groups in total. The minimum atomic E-state index is -4.68. The number of Topliss-reactive ketones (excluding diaryl/α,β-unsaturated/α-hetero) is 1. The lowest BCUT2D eigenvalue weighted by molar-refractivity contribution is -0.148. The molecule has 13 heteroatoms. The number of nitrogens with zero attached hydrogens (tertiary/aromatic N) is 5. The van der Waals surface area contributed by atoms with E-state index in [0.29, 0.717) is 53.3 Å². The van der Waals surface area contributed by atoms with Gasteiger partial charge >= 0.3 is 12.1 Å². The van der Waals surface area contributed by atoms with Crippen molar-refractivity contribution in [2.45, 2.75) is 19.0 Å². The molecule has 1 aliphatic heterocycles. The van der Waals surface area contributed by atoms with Crippen LogP contribution in [0.5, 0.6) is 11.5 Å². The fraction of sp³-hybridized carbons (Fsp3) is 0.409. The molecule has 0 radical (unpaired) electrons. The lowest BCUT2D eigenvalue weighted by atomic mass is 9.97. The molecule has 0 amide bonds. The van der Waals surface area contributed by atoms with E-state index in [-0.39, 0.29) is 11.4 Å². The number of rotatable bonds is 7. The highest BCUT2D eigenvalue weighted by Gasteiger charge is 2.38. The third kappa shape index (κ3) is 5.12. The molecule has 1 aliphatic rings. The van der Waals surface area contributed by atoms with Crippen molar-refractivity contribution in [3.05, 3.63) is 41.7 Å². The van der Waals surface area contributed by atoms with Crippen LogP contribution in [0.1, 0.15) is 29.0 Å². The van der Waals surface area contributed by atoms with Crippen molar-refractivity contribution in [2.24, 2.45) is 5.92 Å². The van der Waals surface area contributed by atoms with Crippen LogP contribution in [0.25, 0.3) is 5.65 Å². The van der Waals surface area contributed by atoms with Gasteiger partial charge in [0.1, 0.15) is 5.82 Å². The summed E-state index contributed by atoms with van der Waals surface area (Å²) in [6, 6.07) is 7.62. The Kier molecular flexibility index (Phi) is 6.76. The highest BCUT2D eigenvalue weighted by Crippen LogP contribution is 2.29. The number of carbonyl (C=O) groups excluding carboxylic acids is 2. The molecule has 10 nitrogen and oxygen atoms in total. The fourth-order valence-corrected chi connectivity index (χ4v) is 3.82. The number of alkyl halides is 3. The van der Waals surface area contributed by atoms with Gasteiger partial charge in [-0.1, -0.05) is 0 Å². The number of piperidine rings is 1. The van der Waals surface area contributed by atoms with Crippen molar-refractivity contribution in [1.29, 1.82) is 0 Å². The van der Waals surface area contributed by atoms with Crippen molar-refractivity contribution in [2.75, 3.05) is 38.8 Å². The molecule has 186 valence electrons. The third-order valence-electron chi connectivity index (χ3n) is 5.71. The maximum absolute atomic E-state index is 13.1. The summed E-state index contributed by atoms with van der Waals surface area (Å²) in [5, 5.41) is 10.7. The van der Waals surface area contributed by atoms with Crippen LogP contribution < -0.4 is 14.4 Å². The number of benzene rings is 1. The molecule has 0 bridgehead atoms. The zero-order valence-electron chi connectivity index (χ0n) is 18.9. The summed E-state index contributed by atoms with van der Waals surface area (Å²) in [5.74, 6) is -1.35. The van der Waals surface area contributed by atoms with E-state index in [1.807, 2.05) is 0 Å². The maximum atomic E-state index is 13.1. The molecule has 0 aliphatic carbocycles. The minimum Gasteiger partial charge on any atom is -0.493 e. The van der Waals surface area contributed by atoms with Gasteiger partial charge in [-0.05, 0) is 43.2 Å². The van der Waals surface area contributed by atoms with Crippen molar-refractivity contribution in [3.8, 4) is 11.5 Å². The molecule has 2 aromatic heterocycles. The second-order valence-corrected chi connectivity index (χ2v) is 7.84. The molecule has 3 aromatic rings. The number of esters is 1. The molecule has 3 heterocycles. The number of aromatic nitrogens is 4. The fourth-order valence-electron chi connectivity index (χ4n) is 3.82. The van der Waals surface area contributed by atoms with Crippen LogP contribution in [0.15, 0.2) is 30.3 Å². The van der Waals surface area contributed by atoms with Crippen molar-refractivity contribution >= 4 is 23.2 Å². The zero-order valence-corrected chi connectivity index (χ0v) is 18.9. The first-order valence-electron chi connectivity index (χ1n) is 10.7. The van der Waals surface area contributed by atoms with Crippen molar-refractivity contribution in [1.82, 2.24) is 19.8 Å². The second kappa shape index (κ2) is 9.76. The van der Waals surface area contributed by atoms with E-state index in [2.05, 4.69) is 15.3 Å². The van der Waals surface area contributed by atoms with E-state index in [1.54, 1.807) is 23.1 Å². The molecule has 35 heavy (non-hydrogen) atoms. The quantitative estimate of drug-likeness (QED) is 0.363. The molecule has 0 atom stereocenters. The molecule has 1 fully saturated rings. The molecular formula is C22H22F3N5O5. The predicted octanol–water partition coefficient (Wildman–Crippen LogP) is 2.80. The largest absolute Gasteiger partial charge is 0.493 e. The Morgan fingerprint density at radius 1 is 1.03 bits per heavy atom. The van der Waals surface area contributed by atoms with E-state index in [9.17, 15) is 22.8 Å². The molecule has 0 unspecified atom stereocenters. The Bertz CT molecular complexity index is 1240. The molecule has 0 saturated carbocycles. The van der Waals surface area contributed by atoms with Crippen LogP contribution in [0.3, 0.4) is 0 Å². The minimum absolute atomic E-state index is 0.0151. The lowest BCUT2D eigenvalue weighted by Crippen LogP contribution is -2.38. The van der Waals surface area contributed by atoms with Gasteiger partial charge in [0.25, 0.3) is 5.82 Å². The number of ketones is 1. The lowest BCUT2D eigenvalue weighted by Gasteiger charge is -2.31. The number of carbonyl (C=O) groups is 2. The smallest absolute Gasteiger partial charge is 0.453 e. The Morgan fingerprint density at radius 2 is 1.74 bits per heavy atom. The van der Waals surface area contributed by atoms with Gasteiger partial charge in [-0.15, -0.1) is 15.3 Å². The van der Waals surface area contributed by atoms with Crippen LogP contribution >= 0.6 is 0 Å². The molecule has 1 aromatic carbocycles. The summed E-state index contributed by atoms with van der Waals surface area (Å²) >= 11 is 0. The topological polar surface area (TPSA) is 108 Å². The number of methoxy groups -OCH3 is 2. The summed E-state index contributed by atoms with van der Waals surface area (Å²) in [7, 11) is 2.93. The van der Waals surface area contributed by atoms with E-state index in [4.69, 9.17) is 14.2 Å². The molecular weight excluding hydrogens is 471 g/mol. The maximum Gasteiger partial charge on any atom is 0.453 e. The van der Waals surface area contributed by atoms with Gasteiger partial charge in [-0.25, -0.2) is 0 Å². The Hall–Kier alpha value is -3.90. The number of ether oxygens (including phenoxy) is 3. The first-order valence-corrected chi connectivity index (χ1v) is 10.7. The van der Waals surface area contributed by atoms with Crippen LogP contribution in [0.4, 0.5) is 19.0 Å². The van der Waals surface area contributed by atoms with Gasteiger partial charge in [0.15, 0.2) is 29.5 Å². The van der Waals surface area contributed by atoms with Gasteiger partial charge in [0, 0.05) is 18.7 Å². The molecule has 4 rings (SSSR count). The van der Waals surface area contributed by atoms with Crippen LogP contribution in [0.2, 0.25) is 0 Å². The second-order valence-electron chi connectivity index (χ2n) is 7.84. The van der Waals surface area contributed by atoms with Crippen LogP contribution in [0, 0.1) is 5.92 Å². The van der Waals surface area contributed by atoms with Crippen molar-refractivity contribution < 1.29 is 37.0 Å². The van der Waals surface area contributed by atoms with E-state index in [0.717, 1.165) is 0 Å². The Morgan fingerprint density at radius 3 is 2.40 bits per heavy atom. The van der Waals surface area contributed by atoms with E-state index in [1.165, 1.54) is 26.4 Å². The third-order valence-corrected chi connectivity index (χ3v) is 5.71. The first-order chi connectivity index (χ1) is 16.7. The summed E-state index contributed by atoms with van der Waals surface area (Å²) in [6.45, 7) is 0.345. The standard InChI is InChI=1S/C22H22F3N5O5/c1-33-16-4-3-14(11-17(16)34-2)15(31)12-35-20(32)13-7-9-29(10-8-13)19-6-5-18-26-27-21(22(23,24)25)30(18)28-19/h3-6,11,13H,7-10,12H2,1-2H3. The summed E-state index contributed by atoms with van der Waals surface area (Å²) in [6.07, 6.45) is -3.88. The van der Waals surface area contributed by atoms with Crippen LogP contribution in [-0.4, -0.2) is 65.5 Å². The monoisotopic (exact) mass is 493 g/mol. The summed E-state index contributed by atoms with van der Waals surface area (Å²) < 4.78 is 55.5. The van der Waals surface area contributed by atoms with Crippen molar-refractivity contribution in [3.63, 3.8) is 0 Å². The number of anilines is 1. The number of fused-ring (bicyclic) bond motifs is 1. The van der Waals surface area contributed by atoms with Gasteiger partial charge in [-0.2, -0.15) is 17.7 Å². The number of halogens is 3. The number of hydrogen-bond acceptors (Lipinski definition) is 9. The highest BCUT2D eigenvalue weighted by atomic mass is 19.4. The Balaban J connectivity index is 1.33. The molecule has 0 spiro atoms. The normalized spacial score (nSPS) is 14.7. The van der Waals surface area contributed by atoms with E-state index >= 15 is 0 Å². The average Bonchev–Trinajstić information content (AvgIpc) is 3.30. The van der Waals surface area contributed by atoms with Crippen LogP contribution in [-0.2, 0) is 15.7 Å². The van der Waals surface area contributed by atoms with Gasteiger partial charge < -0.3 is 19.1 Å². The summed E-state index contributed by atoms with van der Waals surface area (Å²) in [5.41, 5.74) is 0.303. The SMILES string of the molecule is COc1ccc(C(=O)COC(=O)C2CCN(c3ccc4nnc(C(F)(F)F)n4n3)CC2)cc1OC. The predicted molar refractivity (Wildman–Crippen MR) is 116 cm³/mol. The van der Waals surface area contributed by atoms with Gasteiger partial charge in [0.2, 0.25) is 0 Å². The average molecular weight is 493 g/mol. The number of hydrogen-bond donors (Lipinski definition) is 0. The zero-order chi connectivity index (χ0) is 25.2.